The number of rotatable bonds is 4. The summed E-state index contributed by atoms with van der Waals surface area (Å²) in [4.78, 5) is 16.7. The molecule has 25 heavy (non-hydrogen) atoms. The Morgan fingerprint density at radius 3 is 3.20 bits per heavy atom. The predicted octanol–water partition coefficient (Wildman–Crippen LogP) is 0.486. The van der Waals surface area contributed by atoms with E-state index >= 15 is 0 Å². The molecule has 128 valence electrons. The van der Waals surface area contributed by atoms with E-state index in [9.17, 15) is 4.79 Å². The molecule has 9 nitrogen and oxygen atoms in total. The number of hydrogen-bond donors (Lipinski definition) is 1. The number of pyridine rings is 2. The van der Waals surface area contributed by atoms with Crippen LogP contribution in [-0.2, 0) is 4.74 Å². The number of amides is 1. The van der Waals surface area contributed by atoms with E-state index in [0.29, 0.717) is 36.7 Å². The summed E-state index contributed by atoms with van der Waals surface area (Å²) in [6, 6.07) is 8.59. The fraction of sp³-hybridized carbons (Fsp3) is 0.312. The van der Waals surface area contributed by atoms with Crippen molar-refractivity contribution in [3.8, 4) is 5.88 Å². The van der Waals surface area contributed by atoms with E-state index in [1.54, 1.807) is 30.6 Å². The average Bonchev–Trinajstić information content (AvgIpc) is 3.12. The van der Waals surface area contributed by atoms with Gasteiger partial charge in [-0.15, -0.1) is 5.10 Å². The van der Waals surface area contributed by atoms with Crippen molar-refractivity contribution in [3.05, 3.63) is 48.3 Å². The fourth-order valence-corrected chi connectivity index (χ4v) is 2.70. The monoisotopic (exact) mass is 340 g/mol. The zero-order valence-corrected chi connectivity index (χ0v) is 13.3. The molecule has 1 aliphatic heterocycles. The van der Waals surface area contributed by atoms with Crippen LogP contribution in [0.4, 0.5) is 0 Å². The van der Waals surface area contributed by atoms with Crippen molar-refractivity contribution in [2.75, 3.05) is 13.2 Å². The maximum Gasteiger partial charge on any atom is 0.251 e. The molecular weight excluding hydrogens is 324 g/mol. The van der Waals surface area contributed by atoms with Crippen LogP contribution in [0.1, 0.15) is 16.8 Å². The molecule has 1 N–H and O–H groups in total. The molecule has 3 aromatic heterocycles. The Balaban J connectivity index is 1.47. The highest BCUT2D eigenvalue weighted by atomic mass is 16.5. The summed E-state index contributed by atoms with van der Waals surface area (Å²) >= 11 is 0. The van der Waals surface area contributed by atoms with Crippen molar-refractivity contribution in [3.63, 3.8) is 0 Å². The van der Waals surface area contributed by atoms with Crippen LogP contribution < -0.4 is 10.1 Å². The second-order valence-corrected chi connectivity index (χ2v) is 5.66. The van der Waals surface area contributed by atoms with Crippen LogP contribution in [0, 0.1) is 0 Å². The molecule has 1 aliphatic rings. The van der Waals surface area contributed by atoms with Gasteiger partial charge in [-0.1, -0.05) is 6.07 Å². The average molecular weight is 340 g/mol. The lowest BCUT2D eigenvalue weighted by molar-refractivity contribution is -0.0152. The van der Waals surface area contributed by atoms with Gasteiger partial charge in [0.2, 0.25) is 5.88 Å². The van der Waals surface area contributed by atoms with Crippen molar-refractivity contribution in [2.45, 2.75) is 18.6 Å². The first-order valence-electron chi connectivity index (χ1n) is 7.94. The first-order chi connectivity index (χ1) is 12.3. The standard InChI is InChI=1S/C16H16N6O3/c23-16(11-4-7-22-14(9-11)19-20-21-22)18-12-5-8-24-10-13(12)25-15-3-1-2-6-17-15/h1-4,6-7,9,12-13H,5,8,10H2,(H,18,23)/t12-,13-/m1/s1. The third-order valence-electron chi connectivity index (χ3n) is 3.99. The van der Waals surface area contributed by atoms with Gasteiger partial charge in [-0.3, -0.25) is 4.79 Å². The van der Waals surface area contributed by atoms with Crippen molar-refractivity contribution < 1.29 is 14.3 Å². The Morgan fingerprint density at radius 1 is 1.36 bits per heavy atom. The zero-order chi connectivity index (χ0) is 17.1. The summed E-state index contributed by atoms with van der Waals surface area (Å²) in [6.45, 7) is 0.967. The fourth-order valence-electron chi connectivity index (χ4n) is 2.70. The maximum atomic E-state index is 12.6. The quantitative estimate of drug-likeness (QED) is 0.737. The molecule has 3 aromatic rings. The second kappa shape index (κ2) is 6.81. The van der Waals surface area contributed by atoms with Crippen molar-refractivity contribution in [2.24, 2.45) is 0 Å². The smallest absolute Gasteiger partial charge is 0.251 e. The number of hydrogen-bond acceptors (Lipinski definition) is 7. The van der Waals surface area contributed by atoms with Crippen LogP contribution in [0.5, 0.6) is 5.88 Å². The molecular formula is C16H16N6O3. The summed E-state index contributed by atoms with van der Waals surface area (Å²) in [7, 11) is 0. The SMILES string of the molecule is O=C(N[C@@H]1CCOC[C@H]1Oc1ccccn1)c1ccn2nnnc2c1. The topological polar surface area (TPSA) is 104 Å². The molecule has 4 rings (SSSR count). The van der Waals surface area contributed by atoms with Gasteiger partial charge < -0.3 is 14.8 Å². The van der Waals surface area contributed by atoms with E-state index in [1.165, 1.54) is 4.52 Å². The van der Waals surface area contributed by atoms with Crippen LogP contribution in [0.25, 0.3) is 5.65 Å². The molecule has 0 bridgehead atoms. The van der Waals surface area contributed by atoms with E-state index in [2.05, 4.69) is 25.8 Å². The number of aromatic nitrogens is 5. The number of ether oxygens (including phenoxy) is 2. The van der Waals surface area contributed by atoms with Gasteiger partial charge in [0.1, 0.15) is 6.10 Å². The van der Waals surface area contributed by atoms with Gasteiger partial charge in [-0.2, -0.15) is 0 Å². The molecule has 4 heterocycles. The van der Waals surface area contributed by atoms with Crippen LogP contribution in [0.15, 0.2) is 42.7 Å². The number of carbonyl (C=O) groups is 1. The summed E-state index contributed by atoms with van der Waals surface area (Å²) in [6.07, 6.45) is 3.67. The van der Waals surface area contributed by atoms with Crippen molar-refractivity contribution in [1.29, 1.82) is 0 Å². The van der Waals surface area contributed by atoms with E-state index in [0.717, 1.165) is 0 Å². The minimum absolute atomic E-state index is 0.171. The van der Waals surface area contributed by atoms with E-state index in [-0.39, 0.29) is 18.1 Å². The zero-order valence-electron chi connectivity index (χ0n) is 13.3. The molecule has 0 saturated carbocycles. The molecule has 1 fully saturated rings. The lowest BCUT2D eigenvalue weighted by Gasteiger charge is -2.32. The van der Waals surface area contributed by atoms with Gasteiger partial charge in [0, 0.05) is 30.6 Å². The van der Waals surface area contributed by atoms with Crippen LogP contribution in [-0.4, -0.2) is 56.3 Å². The number of fused-ring (bicyclic) bond motifs is 1. The molecule has 0 unspecified atom stereocenters. The predicted molar refractivity (Wildman–Crippen MR) is 86.1 cm³/mol. The highest BCUT2D eigenvalue weighted by Gasteiger charge is 2.29. The van der Waals surface area contributed by atoms with Gasteiger partial charge in [-0.05, 0) is 35.0 Å². The van der Waals surface area contributed by atoms with E-state index < -0.39 is 0 Å². The summed E-state index contributed by atoms with van der Waals surface area (Å²) in [5.74, 6) is 0.306. The molecule has 1 saturated heterocycles. The van der Waals surface area contributed by atoms with E-state index in [4.69, 9.17) is 9.47 Å². The minimum Gasteiger partial charge on any atom is -0.470 e. The maximum absolute atomic E-state index is 12.6. The second-order valence-electron chi connectivity index (χ2n) is 5.66. The molecule has 0 radical (unpaired) electrons. The highest BCUT2D eigenvalue weighted by Crippen LogP contribution is 2.16. The summed E-state index contributed by atoms with van der Waals surface area (Å²) < 4.78 is 12.9. The largest absolute Gasteiger partial charge is 0.470 e. The lowest BCUT2D eigenvalue weighted by atomic mass is 10.1. The summed E-state index contributed by atoms with van der Waals surface area (Å²) in [5.41, 5.74) is 1.01. The normalized spacial score (nSPS) is 20.3. The molecule has 2 atom stereocenters. The van der Waals surface area contributed by atoms with E-state index in [1.807, 2.05) is 12.1 Å². The Bertz CT molecular complexity index is 868. The minimum atomic E-state index is -0.300. The van der Waals surface area contributed by atoms with Crippen LogP contribution in [0.2, 0.25) is 0 Å². The van der Waals surface area contributed by atoms with Gasteiger partial charge in [0.05, 0.1) is 12.6 Å². The Kier molecular flexibility index (Phi) is 4.21. The first kappa shape index (κ1) is 15.5. The first-order valence-corrected chi connectivity index (χ1v) is 7.94. The summed E-state index contributed by atoms with van der Waals surface area (Å²) in [5, 5.41) is 14.2. The number of nitrogens with one attached hydrogen (secondary N) is 1. The van der Waals surface area contributed by atoms with Gasteiger partial charge in [0.25, 0.3) is 5.91 Å². The molecule has 1 amide bonds. The molecule has 0 aliphatic carbocycles. The Hall–Kier alpha value is -3.07. The van der Waals surface area contributed by atoms with Gasteiger partial charge >= 0.3 is 0 Å². The van der Waals surface area contributed by atoms with Crippen LogP contribution >= 0.6 is 0 Å². The number of tetrazole rings is 1. The molecule has 0 spiro atoms. The molecule has 9 heteroatoms. The third-order valence-corrected chi connectivity index (χ3v) is 3.99. The Labute approximate surface area is 143 Å². The highest BCUT2D eigenvalue weighted by molar-refractivity contribution is 5.95. The van der Waals surface area contributed by atoms with Crippen molar-refractivity contribution in [1.82, 2.24) is 30.3 Å². The van der Waals surface area contributed by atoms with Gasteiger partial charge in [0.15, 0.2) is 5.65 Å². The van der Waals surface area contributed by atoms with Crippen molar-refractivity contribution >= 4 is 11.6 Å². The lowest BCUT2D eigenvalue weighted by Crippen LogP contribution is -2.51. The Morgan fingerprint density at radius 2 is 2.32 bits per heavy atom. The molecule has 0 aromatic carbocycles. The number of nitrogens with zero attached hydrogens (tertiary/aromatic N) is 5. The van der Waals surface area contributed by atoms with Crippen LogP contribution in [0.3, 0.4) is 0 Å². The third kappa shape index (κ3) is 3.41. The van der Waals surface area contributed by atoms with Gasteiger partial charge in [-0.25, -0.2) is 9.50 Å². The number of carbonyl (C=O) groups excluding carboxylic acids is 1.